The molecular formula is C25H24F2. The molecule has 0 nitrogen and oxygen atoms in total. The lowest BCUT2D eigenvalue weighted by Gasteiger charge is -2.09. The summed E-state index contributed by atoms with van der Waals surface area (Å²) in [6.45, 7) is 2.16. The molecule has 0 radical (unpaired) electrons. The summed E-state index contributed by atoms with van der Waals surface area (Å²) < 4.78 is 28.8. The van der Waals surface area contributed by atoms with Crippen LogP contribution in [0.15, 0.2) is 72.8 Å². The second kappa shape index (κ2) is 9.27. The summed E-state index contributed by atoms with van der Waals surface area (Å²) in [6, 6.07) is 22.2. The number of benzene rings is 3. The molecule has 0 spiro atoms. The highest BCUT2D eigenvalue weighted by molar-refractivity contribution is 5.70. The lowest BCUT2D eigenvalue weighted by molar-refractivity contribution is 0.342. The maximum Gasteiger partial charge on any atom is 0.130 e. The van der Waals surface area contributed by atoms with Gasteiger partial charge in [-0.05, 0) is 34.7 Å². The van der Waals surface area contributed by atoms with Gasteiger partial charge in [0.25, 0.3) is 0 Å². The van der Waals surface area contributed by atoms with Gasteiger partial charge in [-0.3, -0.25) is 0 Å². The Bertz CT molecular complexity index is 880. The van der Waals surface area contributed by atoms with Crippen LogP contribution in [-0.2, 0) is 12.8 Å². The van der Waals surface area contributed by atoms with Crippen LogP contribution < -0.4 is 0 Å². The van der Waals surface area contributed by atoms with Crippen LogP contribution in [0.2, 0.25) is 0 Å². The van der Waals surface area contributed by atoms with E-state index in [1.165, 1.54) is 11.6 Å². The Balaban J connectivity index is 1.67. The van der Waals surface area contributed by atoms with Crippen molar-refractivity contribution in [2.45, 2.75) is 32.4 Å². The molecule has 0 saturated heterocycles. The zero-order valence-corrected chi connectivity index (χ0v) is 15.5. The van der Waals surface area contributed by atoms with Gasteiger partial charge in [-0.15, -0.1) is 0 Å². The number of aryl methyl sites for hydroxylation is 1. The highest BCUT2D eigenvalue weighted by atomic mass is 19.1. The summed E-state index contributed by atoms with van der Waals surface area (Å²) in [5, 5.41) is 0. The third kappa shape index (κ3) is 5.37. The summed E-state index contributed by atoms with van der Waals surface area (Å²) >= 11 is 0. The fraction of sp³-hybridized carbons (Fsp3) is 0.200. The maximum absolute atomic E-state index is 14.4. The van der Waals surface area contributed by atoms with Gasteiger partial charge in [-0.1, -0.05) is 92.2 Å². The largest absolute Gasteiger partial charge is 0.242 e. The third-order valence-electron chi connectivity index (χ3n) is 4.61. The van der Waals surface area contributed by atoms with Crippen molar-refractivity contribution in [3.05, 3.63) is 106 Å². The first-order valence-corrected chi connectivity index (χ1v) is 9.40. The van der Waals surface area contributed by atoms with Gasteiger partial charge in [0.05, 0.1) is 0 Å². The molecule has 0 unspecified atom stereocenters. The second-order valence-corrected chi connectivity index (χ2v) is 6.76. The Morgan fingerprint density at radius 2 is 1.56 bits per heavy atom. The molecule has 0 bridgehead atoms. The fourth-order valence-electron chi connectivity index (χ4n) is 3.09. The number of hydrogen-bond acceptors (Lipinski definition) is 0. The minimum absolute atomic E-state index is 0.170. The number of hydrogen-bond donors (Lipinski definition) is 0. The summed E-state index contributed by atoms with van der Waals surface area (Å²) in [6.07, 6.45) is 4.89. The van der Waals surface area contributed by atoms with Gasteiger partial charge in [0, 0.05) is 12.0 Å². The molecule has 27 heavy (non-hydrogen) atoms. The van der Waals surface area contributed by atoms with Crippen LogP contribution in [0.25, 0.3) is 12.2 Å². The summed E-state index contributed by atoms with van der Waals surface area (Å²) in [4.78, 5) is 0. The van der Waals surface area contributed by atoms with E-state index in [2.05, 4.69) is 19.1 Å². The van der Waals surface area contributed by atoms with E-state index in [1.807, 2.05) is 36.4 Å². The minimum Gasteiger partial charge on any atom is -0.242 e. The highest BCUT2D eigenvalue weighted by Gasteiger charge is 2.11. The highest BCUT2D eigenvalue weighted by Crippen LogP contribution is 2.23. The van der Waals surface area contributed by atoms with Gasteiger partial charge in [0.15, 0.2) is 0 Å². The first kappa shape index (κ1) is 19.0. The predicted molar refractivity (Wildman–Crippen MR) is 110 cm³/mol. The van der Waals surface area contributed by atoms with E-state index in [4.69, 9.17) is 0 Å². The molecule has 0 saturated carbocycles. The average Bonchev–Trinajstić information content (AvgIpc) is 2.69. The molecule has 0 aliphatic rings. The van der Waals surface area contributed by atoms with Crippen molar-refractivity contribution in [1.82, 2.24) is 0 Å². The average molecular weight is 362 g/mol. The Kier molecular flexibility index (Phi) is 6.54. The van der Waals surface area contributed by atoms with Gasteiger partial charge < -0.3 is 0 Å². The normalized spacial score (nSPS) is 12.4. The van der Waals surface area contributed by atoms with Gasteiger partial charge in [0.1, 0.15) is 12.0 Å². The minimum atomic E-state index is -1.13. The molecule has 138 valence electrons. The van der Waals surface area contributed by atoms with E-state index in [0.717, 1.165) is 18.4 Å². The summed E-state index contributed by atoms with van der Waals surface area (Å²) in [5.74, 6) is -0.327. The lowest BCUT2D eigenvalue weighted by Crippen LogP contribution is -1.98. The molecule has 0 aromatic heterocycles. The van der Waals surface area contributed by atoms with Crippen LogP contribution in [0.4, 0.5) is 8.78 Å². The zero-order chi connectivity index (χ0) is 19.1. The predicted octanol–water partition coefficient (Wildman–Crippen LogP) is 7.20. The van der Waals surface area contributed by atoms with E-state index in [0.29, 0.717) is 16.7 Å². The van der Waals surface area contributed by atoms with Gasteiger partial charge >= 0.3 is 0 Å². The Morgan fingerprint density at radius 3 is 2.22 bits per heavy atom. The zero-order valence-electron chi connectivity index (χ0n) is 15.5. The SMILES string of the molecule is CCCc1ccc(C=Cc2ccc(C[C@@H](F)c3ccccc3)cc2F)cc1. The van der Waals surface area contributed by atoms with E-state index >= 15 is 0 Å². The van der Waals surface area contributed by atoms with E-state index in [9.17, 15) is 8.78 Å². The van der Waals surface area contributed by atoms with Crippen LogP contribution in [0.3, 0.4) is 0 Å². The molecule has 3 aromatic rings. The quantitative estimate of drug-likeness (QED) is 0.390. The number of halogens is 2. The van der Waals surface area contributed by atoms with Crippen molar-refractivity contribution in [1.29, 1.82) is 0 Å². The number of rotatable bonds is 7. The molecule has 0 N–H and O–H groups in total. The van der Waals surface area contributed by atoms with Crippen LogP contribution in [0, 0.1) is 5.82 Å². The second-order valence-electron chi connectivity index (χ2n) is 6.76. The van der Waals surface area contributed by atoms with Gasteiger partial charge in [0.2, 0.25) is 0 Å². The summed E-state index contributed by atoms with van der Waals surface area (Å²) in [7, 11) is 0. The first-order chi connectivity index (χ1) is 13.2. The molecular weight excluding hydrogens is 338 g/mol. The first-order valence-electron chi connectivity index (χ1n) is 9.40. The molecule has 0 aliphatic heterocycles. The monoisotopic (exact) mass is 362 g/mol. The molecule has 3 aromatic carbocycles. The topological polar surface area (TPSA) is 0 Å². The molecule has 3 rings (SSSR count). The molecule has 0 fully saturated rings. The van der Waals surface area contributed by atoms with Gasteiger partial charge in [-0.25, -0.2) is 8.78 Å². The van der Waals surface area contributed by atoms with Crippen molar-refractivity contribution in [3.8, 4) is 0 Å². The van der Waals surface area contributed by atoms with Crippen molar-refractivity contribution >= 4 is 12.2 Å². The van der Waals surface area contributed by atoms with Crippen molar-refractivity contribution in [3.63, 3.8) is 0 Å². The summed E-state index contributed by atoms with van der Waals surface area (Å²) in [5.41, 5.74) is 4.13. The molecule has 2 heteroatoms. The number of alkyl halides is 1. The molecule has 0 aliphatic carbocycles. The Morgan fingerprint density at radius 1 is 0.852 bits per heavy atom. The molecule has 0 amide bonds. The lowest BCUT2D eigenvalue weighted by atomic mass is 10.0. The van der Waals surface area contributed by atoms with Crippen molar-refractivity contribution < 1.29 is 8.78 Å². The Labute approximate surface area is 160 Å². The Hall–Kier alpha value is -2.74. The van der Waals surface area contributed by atoms with Crippen LogP contribution in [0.1, 0.15) is 47.3 Å². The molecule has 0 heterocycles. The van der Waals surface area contributed by atoms with Crippen LogP contribution >= 0.6 is 0 Å². The van der Waals surface area contributed by atoms with E-state index in [1.54, 1.807) is 30.3 Å². The van der Waals surface area contributed by atoms with E-state index < -0.39 is 6.17 Å². The standard InChI is InChI=1S/C25H24F2/c1-2-6-19-9-11-20(12-10-19)13-15-23-16-14-21(18-25(23)27)17-24(26)22-7-4-3-5-8-22/h3-5,7-16,18,24H,2,6,17H2,1H3/t24-/m1/s1. The molecule has 1 atom stereocenters. The van der Waals surface area contributed by atoms with E-state index in [-0.39, 0.29) is 12.2 Å². The maximum atomic E-state index is 14.4. The van der Waals surface area contributed by atoms with Crippen molar-refractivity contribution in [2.24, 2.45) is 0 Å². The van der Waals surface area contributed by atoms with Gasteiger partial charge in [-0.2, -0.15) is 0 Å². The smallest absolute Gasteiger partial charge is 0.130 e. The van der Waals surface area contributed by atoms with Crippen LogP contribution in [-0.4, -0.2) is 0 Å². The third-order valence-corrected chi connectivity index (χ3v) is 4.61. The fourth-order valence-corrected chi connectivity index (χ4v) is 3.09. The van der Waals surface area contributed by atoms with Crippen LogP contribution in [0.5, 0.6) is 0 Å². The van der Waals surface area contributed by atoms with Crippen molar-refractivity contribution in [2.75, 3.05) is 0 Å².